The van der Waals surface area contributed by atoms with Gasteiger partial charge in [-0.05, 0) is 45.2 Å². The second-order valence-electron chi connectivity index (χ2n) is 6.70. The lowest BCUT2D eigenvalue weighted by molar-refractivity contribution is -0.150. The fourth-order valence-corrected chi connectivity index (χ4v) is 3.95. The number of hydrogen-bond acceptors (Lipinski definition) is 3. The third kappa shape index (κ3) is 2.93. The maximum absolute atomic E-state index is 13.0. The SMILES string of the molecule is CCCC1(C(=O)N2CCC(CC)(C(=O)O)C2)CCNCC1. The lowest BCUT2D eigenvalue weighted by atomic mass is 9.74. The first-order valence-electron chi connectivity index (χ1n) is 8.23. The van der Waals surface area contributed by atoms with Crippen LogP contribution in [0.15, 0.2) is 0 Å². The van der Waals surface area contributed by atoms with E-state index in [-0.39, 0.29) is 11.3 Å². The zero-order chi connectivity index (χ0) is 15.5. The van der Waals surface area contributed by atoms with Gasteiger partial charge in [0.1, 0.15) is 0 Å². The van der Waals surface area contributed by atoms with Gasteiger partial charge >= 0.3 is 5.97 Å². The van der Waals surface area contributed by atoms with E-state index < -0.39 is 11.4 Å². The molecule has 5 nitrogen and oxygen atoms in total. The van der Waals surface area contributed by atoms with Crippen LogP contribution in [0, 0.1) is 10.8 Å². The van der Waals surface area contributed by atoms with E-state index in [1.165, 1.54) is 0 Å². The van der Waals surface area contributed by atoms with Crippen LogP contribution in [0.25, 0.3) is 0 Å². The molecule has 0 aliphatic carbocycles. The highest BCUT2D eigenvalue weighted by Crippen LogP contribution is 2.41. The normalized spacial score (nSPS) is 28.6. The Morgan fingerprint density at radius 2 is 1.81 bits per heavy atom. The summed E-state index contributed by atoms with van der Waals surface area (Å²) in [5.74, 6) is -0.558. The smallest absolute Gasteiger partial charge is 0.311 e. The van der Waals surface area contributed by atoms with Crippen LogP contribution in [-0.2, 0) is 9.59 Å². The van der Waals surface area contributed by atoms with E-state index in [1.807, 2.05) is 11.8 Å². The molecule has 2 N–H and O–H groups in total. The second-order valence-corrected chi connectivity index (χ2v) is 6.70. The summed E-state index contributed by atoms with van der Waals surface area (Å²) < 4.78 is 0. The van der Waals surface area contributed by atoms with E-state index in [0.29, 0.717) is 25.9 Å². The molecule has 0 radical (unpaired) electrons. The van der Waals surface area contributed by atoms with Gasteiger partial charge < -0.3 is 15.3 Å². The Morgan fingerprint density at radius 1 is 1.14 bits per heavy atom. The van der Waals surface area contributed by atoms with Crippen LogP contribution in [0.5, 0.6) is 0 Å². The molecule has 2 aliphatic heterocycles. The van der Waals surface area contributed by atoms with Crippen molar-refractivity contribution < 1.29 is 14.7 Å². The largest absolute Gasteiger partial charge is 0.481 e. The quantitative estimate of drug-likeness (QED) is 0.812. The summed E-state index contributed by atoms with van der Waals surface area (Å²) in [5, 5.41) is 12.8. The van der Waals surface area contributed by atoms with Crippen molar-refractivity contribution in [1.29, 1.82) is 0 Å². The highest BCUT2D eigenvalue weighted by atomic mass is 16.4. The van der Waals surface area contributed by atoms with Crippen molar-refractivity contribution in [1.82, 2.24) is 10.2 Å². The molecule has 0 saturated carbocycles. The Hall–Kier alpha value is -1.10. The van der Waals surface area contributed by atoms with Crippen LogP contribution in [0.3, 0.4) is 0 Å². The number of carboxylic acids is 1. The van der Waals surface area contributed by atoms with Crippen molar-refractivity contribution in [3.8, 4) is 0 Å². The molecule has 1 amide bonds. The Balaban J connectivity index is 2.13. The van der Waals surface area contributed by atoms with Crippen LogP contribution in [0.2, 0.25) is 0 Å². The predicted molar refractivity (Wildman–Crippen MR) is 81.0 cm³/mol. The molecule has 2 fully saturated rings. The topological polar surface area (TPSA) is 69.6 Å². The number of likely N-dealkylation sites (tertiary alicyclic amines) is 1. The standard InChI is InChI=1S/C16H28N2O3/c1-3-5-16(6-9-17-10-7-16)13(19)18-11-8-15(4-2,12-18)14(20)21/h17H,3-12H2,1-2H3,(H,20,21). The zero-order valence-electron chi connectivity index (χ0n) is 13.3. The number of carboxylic acid groups (broad SMARTS) is 1. The maximum Gasteiger partial charge on any atom is 0.311 e. The number of carbonyl (C=O) groups is 2. The molecular weight excluding hydrogens is 268 g/mol. The fraction of sp³-hybridized carbons (Fsp3) is 0.875. The Labute approximate surface area is 127 Å². The number of piperidine rings is 1. The first-order valence-corrected chi connectivity index (χ1v) is 8.23. The van der Waals surface area contributed by atoms with E-state index in [9.17, 15) is 14.7 Å². The molecule has 0 bridgehead atoms. The minimum absolute atomic E-state index is 0.197. The van der Waals surface area contributed by atoms with Gasteiger partial charge in [0.25, 0.3) is 0 Å². The van der Waals surface area contributed by atoms with Gasteiger partial charge in [-0.3, -0.25) is 9.59 Å². The number of nitrogens with one attached hydrogen (secondary N) is 1. The number of rotatable bonds is 5. The van der Waals surface area contributed by atoms with Gasteiger partial charge in [0.05, 0.1) is 10.8 Å². The Kier molecular flexibility index (Phi) is 4.91. The molecule has 0 aromatic carbocycles. The van der Waals surface area contributed by atoms with Crippen molar-refractivity contribution in [3.63, 3.8) is 0 Å². The van der Waals surface area contributed by atoms with Gasteiger partial charge in [-0.15, -0.1) is 0 Å². The summed E-state index contributed by atoms with van der Waals surface area (Å²) in [5.41, 5.74) is -0.988. The average Bonchev–Trinajstić information content (AvgIpc) is 2.93. The number of hydrogen-bond donors (Lipinski definition) is 2. The average molecular weight is 296 g/mol. The summed E-state index contributed by atoms with van der Waals surface area (Å²) >= 11 is 0. The first-order chi connectivity index (χ1) is 9.99. The van der Waals surface area contributed by atoms with Crippen molar-refractivity contribution in [2.75, 3.05) is 26.2 Å². The maximum atomic E-state index is 13.0. The van der Waals surface area contributed by atoms with Gasteiger partial charge in [-0.2, -0.15) is 0 Å². The third-order valence-corrected chi connectivity index (χ3v) is 5.51. The number of amides is 1. The van der Waals surface area contributed by atoms with E-state index in [2.05, 4.69) is 12.2 Å². The highest BCUT2D eigenvalue weighted by Gasteiger charge is 2.49. The van der Waals surface area contributed by atoms with Gasteiger partial charge in [0, 0.05) is 13.1 Å². The van der Waals surface area contributed by atoms with Crippen LogP contribution in [0.4, 0.5) is 0 Å². The minimum Gasteiger partial charge on any atom is -0.481 e. The molecule has 0 aromatic rings. The number of aliphatic carboxylic acids is 1. The summed E-state index contributed by atoms with van der Waals surface area (Å²) in [6, 6.07) is 0. The minimum atomic E-state index is -0.754. The van der Waals surface area contributed by atoms with Crippen molar-refractivity contribution in [3.05, 3.63) is 0 Å². The van der Waals surface area contributed by atoms with Gasteiger partial charge in [-0.25, -0.2) is 0 Å². The van der Waals surface area contributed by atoms with Crippen LogP contribution in [-0.4, -0.2) is 48.1 Å². The van der Waals surface area contributed by atoms with E-state index in [4.69, 9.17) is 0 Å². The molecule has 2 saturated heterocycles. The molecule has 21 heavy (non-hydrogen) atoms. The lowest BCUT2D eigenvalue weighted by Gasteiger charge is -2.39. The molecular formula is C16H28N2O3. The monoisotopic (exact) mass is 296 g/mol. The van der Waals surface area contributed by atoms with Crippen molar-refractivity contribution in [2.24, 2.45) is 10.8 Å². The number of nitrogens with zero attached hydrogens (tertiary/aromatic N) is 1. The van der Waals surface area contributed by atoms with Gasteiger partial charge in [0.2, 0.25) is 5.91 Å². The lowest BCUT2D eigenvalue weighted by Crippen LogP contribution is -2.49. The zero-order valence-corrected chi connectivity index (χ0v) is 13.3. The van der Waals surface area contributed by atoms with Crippen molar-refractivity contribution >= 4 is 11.9 Å². The second kappa shape index (κ2) is 6.34. The molecule has 1 atom stereocenters. The predicted octanol–water partition coefficient (Wildman–Crippen LogP) is 1.87. The molecule has 2 rings (SSSR count). The van der Waals surface area contributed by atoms with Crippen molar-refractivity contribution in [2.45, 2.75) is 52.4 Å². The van der Waals surface area contributed by atoms with E-state index in [0.717, 1.165) is 38.8 Å². The Morgan fingerprint density at radius 3 is 2.29 bits per heavy atom. The molecule has 2 aliphatic rings. The van der Waals surface area contributed by atoms with Crippen LogP contribution in [0.1, 0.15) is 52.4 Å². The summed E-state index contributed by atoms with van der Waals surface area (Å²) in [6.45, 7) is 6.78. The molecule has 2 heterocycles. The first kappa shape index (κ1) is 16.3. The molecule has 0 spiro atoms. The fourth-order valence-electron chi connectivity index (χ4n) is 3.95. The summed E-state index contributed by atoms with van der Waals surface area (Å²) in [7, 11) is 0. The summed E-state index contributed by atoms with van der Waals surface area (Å²) in [6.07, 6.45) is 4.85. The third-order valence-electron chi connectivity index (χ3n) is 5.51. The number of carbonyl (C=O) groups excluding carboxylic acids is 1. The highest BCUT2D eigenvalue weighted by molar-refractivity contribution is 5.85. The van der Waals surface area contributed by atoms with E-state index in [1.54, 1.807) is 0 Å². The molecule has 0 aromatic heterocycles. The molecule has 5 heteroatoms. The molecule has 120 valence electrons. The van der Waals surface area contributed by atoms with Gasteiger partial charge in [-0.1, -0.05) is 20.3 Å². The van der Waals surface area contributed by atoms with Crippen LogP contribution >= 0.6 is 0 Å². The summed E-state index contributed by atoms with van der Waals surface area (Å²) in [4.78, 5) is 26.4. The van der Waals surface area contributed by atoms with E-state index >= 15 is 0 Å². The Bertz CT molecular complexity index is 399. The van der Waals surface area contributed by atoms with Crippen LogP contribution < -0.4 is 5.32 Å². The molecule has 1 unspecified atom stereocenters. The van der Waals surface area contributed by atoms with Gasteiger partial charge in [0.15, 0.2) is 0 Å².